The number of Topliss-reactive ketones (excluding diaryl/α,β-unsaturated/α-hetero) is 1. The maximum Gasteiger partial charge on any atom is 0.230 e. The lowest BCUT2D eigenvalue weighted by Gasteiger charge is -2.29. The van der Waals surface area contributed by atoms with Gasteiger partial charge in [0.2, 0.25) is 5.91 Å². The van der Waals surface area contributed by atoms with Gasteiger partial charge in [0.15, 0.2) is 0 Å². The van der Waals surface area contributed by atoms with Gasteiger partial charge in [0.25, 0.3) is 0 Å². The molecule has 0 aromatic heterocycles. The quantitative estimate of drug-likeness (QED) is 0.613. The van der Waals surface area contributed by atoms with E-state index in [4.69, 9.17) is 0 Å². The summed E-state index contributed by atoms with van der Waals surface area (Å²) in [6, 6.07) is 0.150. The molecule has 1 amide bonds. The van der Waals surface area contributed by atoms with Crippen LogP contribution in [-0.4, -0.2) is 54.7 Å². The lowest BCUT2D eigenvalue weighted by molar-refractivity contribution is -0.136. The lowest BCUT2D eigenvalue weighted by atomic mass is 10.2. The van der Waals surface area contributed by atoms with E-state index in [2.05, 4.69) is 0 Å². The molecule has 0 aromatic rings. The first kappa shape index (κ1) is 14.1. The zero-order valence-corrected chi connectivity index (χ0v) is 10.4. The Balaban J connectivity index is 4.33. The zero-order valence-electron chi connectivity index (χ0n) is 10.4. The zero-order chi connectivity index (χ0) is 12.0. The number of rotatable bonds is 6. The van der Waals surface area contributed by atoms with E-state index in [1.54, 1.807) is 4.90 Å². The van der Waals surface area contributed by atoms with E-state index in [0.717, 1.165) is 6.54 Å². The predicted octanol–water partition coefficient (Wildman–Crippen LogP) is 0.764. The molecule has 0 saturated heterocycles. The van der Waals surface area contributed by atoms with Crippen molar-refractivity contribution in [2.45, 2.75) is 33.2 Å². The summed E-state index contributed by atoms with van der Waals surface area (Å²) in [7, 11) is 3.94. The summed E-state index contributed by atoms with van der Waals surface area (Å²) < 4.78 is 0. The van der Waals surface area contributed by atoms with Gasteiger partial charge in [-0.15, -0.1) is 0 Å². The second-order valence-electron chi connectivity index (χ2n) is 4.17. The molecule has 1 atom stereocenters. The molecule has 0 aromatic carbocycles. The van der Waals surface area contributed by atoms with Crippen molar-refractivity contribution in [1.29, 1.82) is 0 Å². The van der Waals surface area contributed by atoms with Gasteiger partial charge in [-0.2, -0.15) is 0 Å². The van der Waals surface area contributed by atoms with Crippen LogP contribution in [0.3, 0.4) is 0 Å². The Morgan fingerprint density at radius 1 is 1.27 bits per heavy atom. The highest BCUT2D eigenvalue weighted by Gasteiger charge is 2.19. The number of hydrogen-bond donors (Lipinski definition) is 0. The molecule has 0 radical (unpaired) electrons. The highest BCUT2D eigenvalue weighted by atomic mass is 16.2. The maximum atomic E-state index is 11.7. The molecular weight excluding hydrogens is 192 g/mol. The van der Waals surface area contributed by atoms with E-state index >= 15 is 0 Å². The summed E-state index contributed by atoms with van der Waals surface area (Å²) in [6.45, 7) is 6.85. The molecule has 0 spiro atoms. The van der Waals surface area contributed by atoms with Crippen LogP contribution < -0.4 is 0 Å². The van der Waals surface area contributed by atoms with Crippen molar-refractivity contribution >= 4 is 11.7 Å². The largest absolute Gasteiger partial charge is 0.339 e. The fraction of sp³-hybridized carbons (Fsp3) is 0.818. The molecule has 0 heterocycles. The van der Waals surface area contributed by atoms with E-state index in [0.29, 0.717) is 6.54 Å². The monoisotopic (exact) mass is 214 g/mol. The van der Waals surface area contributed by atoms with Crippen LogP contribution in [0, 0.1) is 0 Å². The van der Waals surface area contributed by atoms with Crippen LogP contribution in [0.1, 0.15) is 27.2 Å². The molecule has 0 saturated carbocycles. The number of ketones is 1. The second-order valence-corrected chi connectivity index (χ2v) is 4.17. The van der Waals surface area contributed by atoms with E-state index < -0.39 is 0 Å². The Kier molecular flexibility index (Phi) is 6.17. The van der Waals surface area contributed by atoms with Gasteiger partial charge in [-0.3, -0.25) is 9.59 Å². The number of hydrogen-bond acceptors (Lipinski definition) is 3. The molecule has 0 N–H and O–H groups in total. The van der Waals surface area contributed by atoms with Crippen LogP contribution in [0.25, 0.3) is 0 Å². The van der Waals surface area contributed by atoms with Crippen LogP contribution in [-0.2, 0) is 9.59 Å². The summed E-state index contributed by atoms with van der Waals surface area (Å²) in [5.74, 6) is -0.144. The van der Waals surface area contributed by atoms with Gasteiger partial charge >= 0.3 is 0 Å². The highest BCUT2D eigenvalue weighted by Crippen LogP contribution is 2.03. The number of carbonyl (C=O) groups is 2. The first-order valence-electron chi connectivity index (χ1n) is 5.32. The van der Waals surface area contributed by atoms with Crippen LogP contribution in [0.2, 0.25) is 0 Å². The van der Waals surface area contributed by atoms with E-state index in [1.807, 2.05) is 32.8 Å². The second kappa shape index (κ2) is 6.56. The molecule has 15 heavy (non-hydrogen) atoms. The van der Waals surface area contributed by atoms with Gasteiger partial charge in [0.05, 0.1) is 6.42 Å². The predicted molar refractivity (Wildman–Crippen MR) is 60.7 cm³/mol. The minimum atomic E-state index is -0.0736. The molecule has 0 aliphatic rings. The lowest BCUT2D eigenvalue weighted by Crippen LogP contribution is -2.44. The highest BCUT2D eigenvalue weighted by molar-refractivity contribution is 5.96. The van der Waals surface area contributed by atoms with Crippen molar-refractivity contribution in [3.8, 4) is 0 Å². The number of amides is 1. The smallest absolute Gasteiger partial charge is 0.230 e. The van der Waals surface area contributed by atoms with Crippen LogP contribution in [0.5, 0.6) is 0 Å². The minimum Gasteiger partial charge on any atom is -0.339 e. The van der Waals surface area contributed by atoms with Gasteiger partial charge in [-0.25, -0.2) is 0 Å². The normalized spacial score (nSPS) is 12.7. The molecular formula is C11H22N2O2. The van der Waals surface area contributed by atoms with Crippen LogP contribution in [0.4, 0.5) is 0 Å². The first-order chi connectivity index (χ1) is 6.88. The van der Waals surface area contributed by atoms with E-state index in [1.165, 1.54) is 6.92 Å². The molecule has 88 valence electrons. The summed E-state index contributed by atoms with van der Waals surface area (Å²) in [4.78, 5) is 26.3. The fourth-order valence-corrected chi connectivity index (χ4v) is 1.68. The van der Waals surface area contributed by atoms with Crippen molar-refractivity contribution in [3.63, 3.8) is 0 Å². The van der Waals surface area contributed by atoms with Gasteiger partial charge in [0, 0.05) is 19.1 Å². The Labute approximate surface area is 92.2 Å². The Morgan fingerprint density at radius 3 is 2.13 bits per heavy atom. The third-order valence-electron chi connectivity index (χ3n) is 2.22. The summed E-state index contributed by atoms with van der Waals surface area (Å²) >= 11 is 0. The number of carbonyl (C=O) groups excluding carboxylic acids is 2. The van der Waals surface area contributed by atoms with Crippen molar-refractivity contribution < 1.29 is 9.59 Å². The Bertz CT molecular complexity index is 227. The minimum absolute atomic E-state index is 0.0195. The van der Waals surface area contributed by atoms with Gasteiger partial charge in [-0.1, -0.05) is 0 Å². The molecule has 4 heteroatoms. The molecule has 4 nitrogen and oxygen atoms in total. The third-order valence-corrected chi connectivity index (χ3v) is 2.22. The Morgan fingerprint density at radius 2 is 1.80 bits per heavy atom. The summed E-state index contributed by atoms with van der Waals surface area (Å²) in [5, 5.41) is 0. The molecule has 1 unspecified atom stereocenters. The fourth-order valence-electron chi connectivity index (χ4n) is 1.68. The Hall–Kier alpha value is -0.900. The van der Waals surface area contributed by atoms with E-state index in [9.17, 15) is 9.59 Å². The molecule has 0 bridgehead atoms. The third kappa shape index (κ3) is 5.52. The van der Waals surface area contributed by atoms with Crippen molar-refractivity contribution in [3.05, 3.63) is 0 Å². The SMILES string of the molecule is CCN(C(=O)CC(C)=O)C(C)CN(C)C. The molecule has 0 fully saturated rings. The first-order valence-corrected chi connectivity index (χ1v) is 5.32. The molecule has 0 aliphatic heterocycles. The number of likely N-dealkylation sites (N-methyl/N-ethyl adjacent to an activating group) is 2. The average Bonchev–Trinajstić information content (AvgIpc) is 2.01. The van der Waals surface area contributed by atoms with Crippen molar-refractivity contribution in [1.82, 2.24) is 9.80 Å². The van der Waals surface area contributed by atoms with Gasteiger partial charge in [-0.05, 0) is 34.9 Å². The topological polar surface area (TPSA) is 40.6 Å². The van der Waals surface area contributed by atoms with Crippen LogP contribution in [0.15, 0.2) is 0 Å². The van der Waals surface area contributed by atoms with Gasteiger partial charge < -0.3 is 9.80 Å². The number of nitrogens with zero attached hydrogens (tertiary/aromatic N) is 2. The van der Waals surface area contributed by atoms with Crippen molar-refractivity contribution in [2.75, 3.05) is 27.2 Å². The summed E-state index contributed by atoms with van der Waals surface area (Å²) in [5.41, 5.74) is 0. The van der Waals surface area contributed by atoms with Gasteiger partial charge in [0.1, 0.15) is 5.78 Å². The van der Waals surface area contributed by atoms with Crippen molar-refractivity contribution in [2.24, 2.45) is 0 Å². The maximum absolute atomic E-state index is 11.7. The van der Waals surface area contributed by atoms with Crippen LogP contribution >= 0.6 is 0 Å². The molecule has 0 rings (SSSR count). The van der Waals surface area contributed by atoms with E-state index in [-0.39, 0.29) is 24.2 Å². The summed E-state index contributed by atoms with van der Waals surface area (Å²) in [6.07, 6.45) is 0.0195. The average molecular weight is 214 g/mol. The standard InChI is InChI=1S/C11H22N2O2/c1-6-13(9(2)8-12(4)5)11(15)7-10(3)14/h9H,6-8H2,1-5H3. The molecule has 0 aliphatic carbocycles.